The molecule has 0 aliphatic heterocycles. The Labute approximate surface area is 174 Å². The van der Waals surface area contributed by atoms with Crippen molar-refractivity contribution in [1.82, 2.24) is 0 Å². The highest BCUT2D eigenvalue weighted by Crippen LogP contribution is 2.22. The molecule has 5 nitrogen and oxygen atoms in total. The van der Waals surface area contributed by atoms with Crippen molar-refractivity contribution in [2.75, 3.05) is 26.4 Å². The second-order valence-electron chi connectivity index (χ2n) is 7.37. The number of carbonyl (C=O) groups is 1. The summed E-state index contributed by atoms with van der Waals surface area (Å²) in [5, 5.41) is 0. The second kappa shape index (κ2) is 18.3. The molecule has 166 valence electrons. The summed E-state index contributed by atoms with van der Waals surface area (Å²) in [6.45, 7) is 14.3. The van der Waals surface area contributed by atoms with E-state index >= 15 is 0 Å². The first-order chi connectivity index (χ1) is 13.5. The molecule has 0 N–H and O–H groups in total. The predicted molar refractivity (Wildman–Crippen MR) is 117 cm³/mol. The van der Waals surface area contributed by atoms with Gasteiger partial charge in [-0.05, 0) is 39.0 Å². The first-order valence-corrected chi connectivity index (χ1v) is 13.2. The lowest BCUT2D eigenvalue weighted by molar-refractivity contribution is -0.139. The standard InChI is InChI=1S/C22H44O5Si/c1-6-16-25-28(26-17-7-2,27-18-8-3)20-15-13-11-9-10-12-14-19-24-22(23)21(4)5/h4,6-20H2,1-3,5H3. The van der Waals surface area contributed by atoms with E-state index in [9.17, 15) is 4.79 Å². The maximum atomic E-state index is 11.3. The number of carbonyl (C=O) groups excluding carboxylic acids is 1. The van der Waals surface area contributed by atoms with Crippen LogP contribution in [-0.4, -0.2) is 41.2 Å². The average Bonchev–Trinajstić information content (AvgIpc) is 2.69. The summed E-state index contributed by atoms with van der Waals surface area (Å²) in [7, 11) is -2.52. The molecule has 0 heterocycles. The quantitative estimate of drug-likeness (QED) is 0.105. The molecule has 0 aliphatic rings. The van der Waals surface area contributed by atoms with Crippen LogP contribution < -0.4 is 0 Å². The van der Waals surface area contributed by atoms with Crippen LogP contribution in [0.4, 0.5) is 0 Å². The van der Waals surface area contributed by atoms with Crippen LogP contribution in [0.15, 0.2) is 12.2 Å². The lowest BCUT2D eigenvalue weighted by atomic mass is 10.1. The highest BCUT2D eigenvalue weighted by Gasteiger charge is 2.40. The molecule has 0 aliphatic carbocycles. The lowest BCUT2D eigenvalue weighted by Crippen LogP contribution is -2.46. The SMILES string of the molecule is C=C(C)C(=O)OCCCCCCCCC[Si](OCCC)(OCCC)OCCC. The normalized spacial score (nSPS) is 11.6. The van der Waals surface area contributed by atoms with Gasteiger partial charge in [-0.2, -0.15) is 0 Å². The van der Waals surface area contributed by atoms with Gasteiger partial charge in [0.1, 0.15) is 0 Å². The van der Waals surface area contributed by atoms with Crippen molar-refractivity contribution in [3.05, 3.63) is 12.2 Å². The van der Waals surface area contributed by atoms with Crippen LogP contribution in [0, 0.1) is 0 Å². The first kappa shape index (κ1) is 27.3. The minimum atomic E-state index is -2.52. The molecular formula is C22H44O5Si. The van der Waals surface area contributed by atoms with E-state index in [0.717, 1.165) is 64.4 Å². The van der Waals surface area contributed by atoms with E-state index in [0.29, 0.717) is 12.2 Å². The van der Waals surface area contributed by atoms with E-state index in [4.69, 9.17) is 18.0 Å². The molecular weight excluding hydrogens is 372 g/mol. The molecule has 0 aromatic carbocycles. The Morgan fingerprint density at radius 3 is 1.57 bits per heavy atom. The fraction of sp³-hybridized carbons (Fsp3) is 0.864. The van der Waals surface area contributed by atoms with E-state index in [1.165, 1.54) is 25.7 Å². The zero-order valence-corrected chi connectivity index (χ0v) is 19.9. The van der Waals surface area contributed by atoms with Gasteiger partial charge in [0.05, 0.1) is 6.61 Å². The number of rotatable bonds is 20. The molecule has 0 saturated heterocycles. The fourth-order valence-electron chi connectivity index (χ4n) is 2.73. The topological polar surface area (TPSA) is 54.0 Å². The highest BCUT2D eigenvalue weighted by molar-refractivity contribution is 6.60. The molecule has 0 rings (SSSR count). The minimum absolute atomic E-state index is 0.284. The molecule has 0 saturated carbocycles. The van der Waals surface area contributed by atoms with Gasteiger partial charge in [-0.15, -0.1) is 0 Å². The van der Waals surface area contributed by atoms with Gasteiger partial charge in [0.25, 0.3) is 0 Å². The van der Waals surface area contributed by atoms with E-state index in [1.807, 2.05) is 0 Å². The van der Waals surface area contributed by atoms with Crippen molar-refractivity contribution < 1.29 is 22.8 Å². The van der Waals surface area contributed by atoms with Crippen LogP contribution in [0.3, 0.4) is 0 Å². The van der Waals surface area contributed by atoms with Gasteiger partial charge in [0, 0.05) is 31.4 Å². The molecule has 6 heteroatoms. The molecule has 0 radical (unpaired) electrons. The van der Waals surface area contributed by atoms with Crippen LogP contribution in [0.1, 0.15) is 91.9 Å². The summed E-state index contributed by atoms with van der Waals surface area (Å²) in [6, 6.07) is 0.920. The summed E-state index contributed by atoms with van der Waals surface area (Å²) < 4.78 is 23.5. The summed E-state index contributed by atoms with van der Waals surface area (Å²) in [5.41, 5.74) is 0.466. The number of hydrogen-bond acceptors (Lipinski definition) is 5. The number of ether oxygens (including phenoxy) is 1. The molecule has 0 aromatic heterocycles. The molecule has 0 fully saturated rings. The average molecular weight is 417 g/mol. The van der Waals surface area contributed by atoms with E-state index in [-0.39, 0.29) is 5.97 Å². The summed E-state index contributed by atoms with van der Waals surface area (Å²) in [6.07, 6.45) is 10.9. The van der Waals surface area contributed by atoms with Crippen LogP contribution in [0.5, 0.6) is 0 Å². The lowest BCUT2D eigenvalue weighted by Gasteiger charge is -2.29. The highest BCUT2D eigenvalue weighted by atomic mass is 28.4. The third kappa shape index (κ3) is 14.3. The second-order valence-corrected chi connectivity index (χ2v) is 10.1. The summed E-state index contributed by atoms with van der Waals surface area (Å²) in [4.78, 5) is 11.3. The van der Waals surface area contributed by atoms with Gasteiger partial charge >= 0.3 is 14.8 Å². The van der Waals surface area contributed by atoms with Gasteiger partial charge in [0.15, 0.2) is 0 Å². The maximum absolute atomic E-state index is 11.3. The Morgan fingerprint density at radius 2 is 1.14 bits per heavy atom. The van der Waals surface area contributed by atoms with E-state index < -0.39 is 8.80 Å². The van der Waals surface area contributed by atoms with Gasteiger partial charge in [-0.1, -0.05) is 59.5 Å². The summed E-state index contributed by atoms with van der Waals surface area (Å²) >= 11 is 0. The molecule has 0 spiro atoms. The van der Waals surface area contributed by atoms with Crippen molar-refractivity contribution in [3.63, 3.8) is 0 Å². The maximum Gasteiger partial charge on any atom is 0.500 e. The number of esters is 1. The van der Waals surface area contributed by atoms with Crippen molar-refractivity contribution in [2.45, 2.75) is 97.9 Å². The van der Waals surface area contributed by atoms with Crippen LogP contribution in [-0.2, 0) is 22.8 Å². The zero-order chi connectivity index (χ0) is 21.1. The van der Waals surface area contributed by atoms with Gasteiger partial charge < -0.3 is 18.0 Å². The molecule has 0 unspecified atom stereocenters. The van der Waals surface area contributed by atoms with Crippen LogP contribution in [0.25, 0.3) is 0 Å². The van der Waals surface area contributed by atoms with Crippen LogP contribution >= 0.6 is 0 Å². The van der Waals surface area contributed by atoms with Gasteiger partial charge in [-0.3, -0.25) is 0 Å². The van der Waals surface area contributed by atoms with Crippen molar-refractivity contribution in [3.8, 4) is 0 Å². The number of hydrogen-bond donors (Lipinski definition) is 0. The molecule has 0 atom stereocenters. The molecule has 0 amide bonds. The largest absolute Gasteiger partial charge is 0.500 e. The smallest absolute Gasteiger partial charge is 0.462 e. The van der Waals surface area contributed by atoms with Crippen LogP contribution in [0.2, 0.25) is 6.04 Å². The molecule has 0 bridgehead atoms. The fourth-order valence-corrected chi connectivity index (χ4v) is 5.64. The molecule has 0 aromatic rings. The van der Waals surface area contributed by atoms with Gasteiger partial charge in [-0.25, -0.2) is 4.79 Å². The van der Waals surface area contributed by atoms with Crippen molar-refractivity contribution >= 4 is 14.8 Å². The third-order valence-corrected chi connectivity index (χ3v) is 7.18. The van der Waals surface area contributed by atoms with Crippen molar-refractivity contribution in [2.24, 2.45) is 0 Å². The Bertz CT molecular complexity index is 379. The Hall–Kier alpha value is -0.693. The zero-order valence-electron chi connectivity index (χ0n) is 18.9. The Morgan fingerprint density at radius 1 is 0.714 bits per heavy atom. The van der Waals surface area contributed by atoms with Crippen molar-refractivity contribution in [1.29, 1.82) is 0 Å². The predicted octanol–water partition coefficient (Wildman–Crippen LogP) is 6.06. The van der Waals surface area contributed by atoms with E-state index in [1.54, 1.807) is 6.92 Å². The minimum Gasteiger partial charge on any atom is -0.462 e. The summed E-state index contributed by atoms with van der Waals surface area (Å²) in [5.74, 6) is -0.284. The monoisotopic (exact) mass is 416 g/mol. The number of unbranched alkanes of at least 4 members (excludes halogenated alkanes) is 6. The van der Waals surface area contributed by atoms with E-state index in [2.05, 4.69) is 27.4 Å². The Kier molecular flexibility index (Phi) is 17.9. The third-order valence-electron chi connectivity index (χ3n) is 4.29. The Balaban J connectivity index is 3.98. The van der Waals surface area contributed by atoms with Gasteiger partial charge in [0.2, 0.25) is 0 Å². The molecule has 28 heavy (non-hydrogen) atoms. The first-order valence-electron chi connectivity index (χ1n) is 11.3.